The molecule has 0 saturated heterocycles. The van der Waals surface area contributed by atoms with E-state index in [1.165, 1.54) is 16.8 Å². The van der Waals surface area contributed by atoms with Crippen molar-refractivity contribution in [3.05, 3.63) is 53.6 Å². The largest absolute Gasteiger partial charge is 0.493 e. The van der Waals surface area contributed by atoms with Crippen LogP contribution in [0.3, 0.4) is 0 Å². The van der Waals surface area contributed by atoms with Crippen molar-refractivity contribution in [2.75, 3.05) is 27.4 Å². The van der Waals surface area contributed by atoms with Gasteiger partial charge in [-0.15, -0.1) is 0 Å². The van der Waals surface area contributed by atoms with E-state index >= 15 is 0 Å². The van der Waals surface area contributed by atoms with Crippen LogP contribution in [0.25, 0.3) is 6.08 Å². The van der Waals surface area contributed by atoms with Crippen LogP contribution < -0.4 is 18.9 Å². The van der Waals surface area contributed by atoms with Gasteiger partial charge in [0.15, 0.2) is 28.8 Å². The van der Waals surface area contributed by atoms with Gasteiger partial charge in [0.2, 0.25) is 5.17 Å². The second-order valence-corrected chi connectivity index (χ2v) is 8.86. The molecular weight excluding hydrogens is 468 g/mol. The third-order valence-electron chi connectivity index (χ3n) is 5.13. The number of hydrogen-bond acceptors (Lipinski definition) is 8. The van der Waals surface area contributed by atoms with Gasteiger partial charge in [-0.05, 0) is 47.7 Å². The highest BCUT2D eigenvalue weighted by Gasteiger charge is 2.36. The summed E-state index contributed by atoms with van der Waals surface area (Å²) in [6, 6.07) is 12.7. The van der Waals surface area contributed by atoms with Crippen LogP contribution in [0, 0.1) is 11.3 Å². The average Bonchev–Trinajstić information content (AvgIpc) is 3.29. The van der Waals surface area contributed by atoms with Gasteiger partial charge < -0.3 is 18.9 Å². The first kappa shape index (κ1) is 24.3. The number of methoxy groups -OCH3 is 2. The van der Waals surface area contributed by atoms with E-state index in [9.17, 15) is 4.79 Å². The van der Waals surface area contributed by atoms with Crippen LogP contribution in [0.2, 0.25) is 0 Å². The quantitative estimate of drug-likeness (QED) is 0.406. The zero-order chi connectivity index (χ0) is 24.9. The maximum atomic E-state index is 12.6. The summed E-state index contributed by atoms with van der Waals surface area (Å²) in [6.45, 7) is 4.62. The molecule has 2 aliphatic heterocycles. The number of ether oxygens (including phenoxy) is 4. The highest BCUT2D eigenvalue weighted by Crippen LogP contribution is 2.33. The van der Waals surface area contributed by atoms with Gasteiger partial charge in [0.1, 0.15) is 18.3 Å². The van der Waals surface area contributed by atoms with E-state index in [-0.39, 0.29) is 23.9 Å². The van der Waals surface area contributed by atoms with Gasteiger partial charge in [0.25, 0.3) is 5.91 Å². The molecule has 2 aromatic carbocycles. The number of nitrogens with one attached hydrogen (secondary N) is 1. The third kappa shape index (κ3) is 5.32. The molecule has 2 aliphatic rings. The Morgan fingerprint density at radius 3 is 2.31 bits per heavy atom. The van der Waals surface area contributed by atoms with Gasteiger partial charge in [0.05, 0.1) is 19.8 Å². The number of amidine groups is 2. The molecule has 0 atom stereocenters. The molecule has 35 heavy (non-hydrogen) atoms. The molecule has 182 valence electrons. The van der Waals surface area contributed by atoms with Gasteiger partial charge >= 0.3 is 0 Å². The fourth-order valence-electron chi connectivity index (χ4n) is 3.34. The molecule has 0 radical (unpaired) electrons. The molecule has 0 spiro atoms. The third-order valence-corrected chi connectivity index (χ3v) is 6.34. The number of aliphatic imine (C=N–C) groups is 1. The van der Waals surface area contributed by atoms with Crippen molar-refractivity contribution in [2.24, 2.45) is 16.0 Å². The van der Waals surface area contributed by atoms with Crippen LogP contribution in [0.4, 0.5) is 0 Å². The lowest BCUT2D eigenvalue weighted by molar-refractivity contribution is -0.114. The zero-order valence-electron chi connectivity index (χ0n) is 19.9. The standard InChI is InChI=1S/C25H26N4O5S/c1-15(2)24-28-29-22(26)17(23(30)27-25(29)35-24)13-16-9-10-20(21(14-16)32-4)34-12-11-33-19-8-6-5-7-18(19)31-3/h5-10,13-15,26H,11-12H2,1-4H3/b17-13+,26-22?. The first-order valence-corrected chi connectivity index (χ1v) is 11.8. The molecule has 2 heterocycles. The number of thioether (sulfide) groups is 1. The molecule has 10 heteroatoms. The van der Waals surface area contributed by atoms with Crippen LogP contribution >= 0.6 is 11.8 Å². The van der Waals surface area contributed by atoms with E-state index in [1.54, 1.807) is 38.5 Å². The predicted molar refractivity (Wildman–Crippen MR) is 137 cm³/mol. The molecule has 1 N–H and O–H groups in total. The number of hydrazone groups is 1. The Morgan fingerprint density at radius 1 is 1.00 bits per heavy atom. The van der Waals surface area contributed by atoms with Crippen LogP contribution in [-0.2, 0) is 4.79 Å². The molecule has 0 fully saturated rings. The number of carbonyl (C=O) groups excluding carboxylic acids is 1. The van der Waals surface area contributed by atoms with Gasteiger partial charge in [0, 0.05) is 5.92 Å². The van der Waals surface area contributed by atoms with Gasteiger partial charge in [-0.25, -0.2) is 0 Å². The molecule has 9 nitrogen and oxygen atoms in total. The monoisotopic (exact) mass is 494 g/mol. The van der Waals surface area contributed by atoms with Crippen LogP contribution in [-0.4, -0.2) is 54.4 Å². The molecule has 0 aromatic heterocycles. The molecule has 0 aliphatic carbocycles. The summed E-state index contributed by atoms with van der Waals surface area (Å²) in [5, 5.41) is 15.6. The van der Waals surface area contributed by atoms with Crippen LogP contribution in [0.1, 0.15) is 19.4 Å². The lowest BCUT2D eigenvalue weighted by Crippen LogP contribution is -2.35. The van der Waals surface area contributed by atoms with Crippen molar-refractivity contribution >= 4 is 39.8 Å². The van der Waals surface area contributed by atoms with Crippen LogP contribution in [0.5, 0.6) is 23.0 Å². The summed E-state index contributed by atoms with van der Waals surface area (Å²) >= 11 is 1.32. The second-order valence-electron chi connectivity index (χ2n) is 7.87. The van der Waals surface area contributed by atoms with Crippen LogP contribution in [0.15, 0.2) is 58.1 Å². The first-order valence-electron chi connectivity index (χ1n) is 11.0. The number of benzene rings is 2. The fourth-order valence-corrected chi connectivity index (χ4v) is 4.23. The Labute approximate surface area is 207 Å². The number of rotatable bonds is 9. The minimum atomic E-state index is -0.471. The smallest absolute Gasteiger partial charge is 0.283 e. The van der Waals surface area contributed by atoms with E-state index < -0.39 is 5.91 Å². The zero-order valence-corrected chi connectivity index (χ0v) is 20.7. The molecular formula is C25H26N4O5S. The van der Waals surface area contributed by atoms with Gasteiger partial charge in [-0.1, -0.05) is 32.0 Å². The van der Waals surface area contributed by atoms with E-state index in [0.717, 1.165) is 5.04 Å². The number of carbonyl (C=O) groups is 1. The normalized spacial score (nSPS) is 16.3. The van der Waals surface area contributed by atoms with E-state index in [0.29, 0.717) is 40.3 Å². The molecule has 2 aromatic rings. The van der Waals surface area contributed by atoms with Crippen molar-refractivity contribution in [1.82, 2.24) is 5.01 Å². The van der Waals surface area contributed by atoms with E-state index in [1.807, 2.05) is 38.1 Å². The molecule has 0 saturated carbocycles. The van der Waals surface area contributed by atoms with Crippen molar-refractivity contribution in [2.45, 2.75) is 13.8 Å². The number of nitrogens with zero attached hydrogens (tertiary/aromatic N) is 3. The first-order chi connectivity index (χ1) is 16.9. The summed E-state index contributed by atoms with van der Waals surface area (Å²) in [6.07, 6.45) is 1.61. The average molecular weight is 495 g/mol. The second kappa shape index (κ2) is 10.6. The molecule has 0 bridgehead atoms. The fraction of sp³-hybridized carbons (Fsp3) is 0.280. The SMILES string of the molecule is COc1ccccc1OCCOc1ccc(/C=C2\C(=N)N3N=C(C(C)C)SC3=NC2=O)cc1OC. The lowest BCUT2D eigenvalue weighted by Gasteiger charge is -2.20. The Balaban J connectivity index is 1.44. The Kier molecular flexibility index (Phi) is 7.40. The number of fused-ring (bicyclic) bond motifs is 1. The maximum absolute atomic E-state index is 12.6. The summed E-state index contributed by atoms with van der Waals surface area (Å²) in [4.78, 5) is 16.7. The highest BCUT2D eigenvalue weighted by molar-refractivity contribution is 8.27. The van der Waals surface area contributed by atoms with Crippen molar-refractivity contribution < 1.29 is 23.7 Å². The number of hydrogen-bond donors (Lipinski definition) is 1. The van der Waals surface area contributed by atoms with E-state index in [4.69, 9.17) is 24.4 Å². The summed E-state index contributed by atoms with van der Waals surface area (Å²) in [5.41, 5.74) is 0.829. The minimum Gasteiger partial charge on any atom is -0.493 e. The summed E-state index contributed by atoms with van der Waals surface area (Å²) < 4.78 is 22.3. The molecule has 4 rings (SSSR count). The number of amides is 1. The molecule has 1 amide bonds. The predicted octanol–water partition coefficient (Wildman–Crippen LogP) is 4.44. The molecule has 0 unspecified atom stereocenters. The number of para-hydroxylation sites is 2. The van der Waals surface area contributed by atoms with Gasteiger partial charge in [-0.2, -0.15) is 15.1 Å². The Morgan fingerprint density at radius 2 is 1.66 bits per heavy atom. The highest BCUT2D eigenvalue weighted by atomic mass is 32.2. The minimum absolute atomic E-state index is 0.00377. The maximum Gasteiger partial charge on any atom is 0.283 e. The van der Waals surface area contributed by atoms with Crippen molar-refractivity contribution in [3.8, 4) is 23.0 Å². The van der Waals surface area contributed by atoms with Crippen molar-refractivity contribution in [3.63, 3.8) is 0 Å². The Hall–Kier alpha value is -3.79. The topological polar surface area (TPSA) is 106 Å². The summed E-state index contributed by atoms with van der Waals surface area (Å²) in [7, 11) is 3.13. The van der Waals surface area contributed by atoms with Gasteiger partial charge in [-0.3, -0.25) is 10.2 Å². The lowest BCUT2D eigenvalue weighted by atomic mass is 10.1. The Bertz CT molecular complexity index is 1240. The van der Waals surface area contributed by atoms with Crippen molar-refractivity contribution in [1.29, 1.82) is 5.41 Å². The summed E-state index contributed by atoms with van der Waals surface area (Å²) in [5.74, 6) is 2.02. The van der Waals surface area contributed by atoms with E-state index in [2.05, 4.69) is 10.1 Å².